The van der Waals surface area contributed by atoms with Gasteiger partial charge in [-0.25, -0.2) is 9.78 Å². The molecule has 2 aromatic rings. The molecule has 1 aromatic heterocycles. The number of carbonyl (C=O) groups excluding carboxylic acids is 1. The summed E-state index contributed by atoms with van der Waals surface area (Å²) in [5.74, 6) is -0.495. The molecule has 0 atom stereocenters. The molecule has 5 nitrogen and oxygen atoms in total. The van der Waals surface area contributed by atoms with Gasteiger partial charge in [0.1, 0.15) is 6.61 Å². The summed E-state index contributed by atoms with van der Waals surface area (Å²) in [5.41, 5.74) is 1.74. The molecule has 1 aliphatic rings. The van der Waals surface area contributed by atoms with Crippen molar-refractivity contribution >= 4 is 11.8 Å². The maximum absolute atomic E-state index is 12.7. The normalized spacial score (nSPS) is 19.5. The maximum atomic E-state index is 12.7. The number of hydrogen-bond donors (Lipinski definition) is 2. The fourth-order valence-electron chi connectivity index (χ4n) is 2.48. The molecule has 0 spiro atoms. The van der Waals surface area contributed by atoms with Gasteiger partial charge in [0.15, 0.2) is 0 Å². The van der Waals surface area contributed by atoms with Crippen molar-refractivity contribution in [1.29, 1.82) is 0 Å². The number of nitrogens with one attached hydrogen (secondary N) is 2. The summed E-state index contributed by atoms with van der Waals surface area (Å²) in [5, 5.41) is 6.08. The van der Waals surface area contributed by atoms with E-state index >= 15 is 0 Å². The van der Waals surface area contributed by atoms with Crippen LogP contribution in [-0.4, -0.2) is 23.2 Å². The van der Waals surface area contributed by atoms with Crippen LogP contribution in [0.15, 0.2) is 48.7 Å². The Hall–Kier alpha value is -2.63. The second kappa shape index (κ2) is 7.09. The molecule has 0 radical (unpaired) electrons. The zero-order chi connectivity index (χ0) is 16.1. The number of nitrogens with zero attached hydrogens (tertiary/aromatic N) is 1. The van der Waals surface area contributed by atoms with Crippen LogP contribution in [0.4, 0.5) is 14.9 Å². The number of hydrogen-bond acceptors (Lipinski definition) is 4. The first-order valence-corrected chi connectivity index (χ1v) is 7.54. The molecule has 1 aliphatic carbocycles. The van der Waals surface area contributed by atoms with E-state index in [1.165, 1.54) is 12.3 Å². The van der Waals surface area contributed by atoms with Gasteiger partial charge in [-0.2, -0.15) is 4.39 Å². The lowest BCUT2D eigenvalue weighted by atomic mass is 9.87. The lowest BCUT2D eigenvalue weighted by molar-refractivity contribution is 0.129. The molecule has 1 amide bonds. The molecule has 6 heteroatoms. The van der Waals surface area contributed by atoms with Crippen LogP contribution < -0.4 is 10.6 Å². The van der Waals surface area contributed by atoms with Gasteiger partial charge in [-0.05, 0) is 30.5 Å². The van der Waals surface area contributed by atoms with E-state index in [1.54, 1.807) is 6.07 Å². The second-order valence-corrected chi connectivity index (χ2v) is 5.59. The van der Waals surface area contributed by atoms with Crippen molar-refractivity contribution in [3.63, 3.8) is 0 Å². The monoisotopic (exact) mass is 315 g/mol. The zero-order valence-electron chi connectivity index (χ0n) is 12.5. The minimum absolute atomic E-state index is 0.101. The SMILES string of the molecule is O=C(NC1CC(Nc2ccc(F)nc2)C1)OCc1ccccc1. The van der Waals surface area contributed by atoms with Gasteiger partial charge >= 0.3 is 6.09 Å². The van der Waals surface area contributed by atoms with Crippen molar-refractivity contribution in [3.8, 4) is 0 Å². The molecule has 0 aliphatic heterocycles. The van der Waals surface area contributed by atoms with Crippen molar-refractivity contribution < 1.29 is 13.9 Å². The van der Waals surface area contributed by atoms with E-state index in [1.807, 2.05) is 30.3 Å². The molecule has 1 fully saturated rings. The second-order valence-electron chi connectivity index (χ2n) is 5.59. The first kappa shape index (κ1) is 15.3. The maximum Gasteiger partial charge on any atom is 0.407 e. The molecule has 2 N–H and O–H groups in total. The molecule has 0 bridgehead atoms. The average Bonchev–Trinajstić information content (AvgIpc) is 2.54. The van der Waals surface area contributed by atoms with E-state index in [9.17, 15) is 9.18 Å². The molecular formula is C17H18FN3O2. The summed E-state index contributed by atoms with van der Waals surface area (Å²) in [6, 6.07) is 12.9. The van der Waals surface area contributed by atoms with Gasteiger partial charge in [-0.3, -0.25) is 0 Å². The smallest absolute Gasteiger partial charge is 0.407 e. The van der Waals surface area contributed by atoms with Gasteiger partial charge in [0.2, 0.25) is 5.95 Å². The van der Waals surface area contributed by atoms with Crippen molar-refractivity contribution in [2.75, 3.05) is 5.32 Å². The third kappa shape index (κ3) is 4.42. The van der Waals surface area contributed by atoms with E-state index in [0.29, 0.717) is 0 Å². The van der Waals surface area contributed by atoms with Crippen molar-refractivity contribution in [1.82, 2.24) is 10.3 Å². The number of rotatable bonds is 5. The van der Waals surface area contributed by atoms with Crippen molar-refractivity contribution in [2.45, 2.75) is 31.5 Å². The number of benzene rings is 1. The van der Waals surface area contributed by atoms with E-state index < -0.39 is 12.0 Å². The minimum Gasteiger partial charge on any atom is -0.445 e. The van der Waals surface area contributed by atoms with Gasteiger partial charge in [0.05, 0.1) is 11.9 Å². The minimum atomic E-state index is -0.495. The van der Waals surface area contributed by atoms with E-state index in [4.69, 9.17) is 4.74 Å². The number of ether oxygens (including phenoxy) is 1. The zero-order valence-corrected chi connectivity index (χ0v) is 12.5. The Morgan fingerprint density at radius 1 is 1.17 bits per heavy atom. The highest BCUT2D eigenvalue weighted by Gasteiger charge is 2.30. The van der Waals surface area contributed by atoms with E-state index in [-0.39, 0.29) is 18.7 Å². The predicted octanol–water partition coefficient (Wildman–Crippen LogP) is 3.09. The number of carbonyl (C=O) groups is 1. The molecule has 0 unspecified atom stereocenters. The standard InChI is InChI=1S/C17H18FN3O2/c18-16-7-6-13(10-19-16)20-14-8-15(9-14)21-17(22)23-11-12-4-2-1-3-5-12/h1-7,10,14-15,20H,8-9,11H2,(H,21,22). The summed E-state index contributed by atoms with van der Waals surface area (Å²) >= 11 is 0. The summed E-state index contributed by atoms with van der Waals surface area (Å²) in [6.07, 6.45) is 2.67. The lowest BCUT2D eigenvalue weighted by Gasteiger charge is -2.36. The van der Waals surface area contributed by atoms with Crippen LogP contribution in [-0.2, 0) is 11.3 Å². The summed E-state index contributed by atoms with van der Waals surface area (Å²) in [4.78, 5) is 15.3. The van der Waals surface area contributed by atoms with Crippen LogP contribution in [0, 0.1) is 5.95 Å². The molecule has 3 rings (SSSR count). The van der Waals surface area contributed by atoms with Crippen LogP contribution >= 0.6 is 0 Å². The molecule has 23 heavy (non-hydrogen) atoms. The van der Waals surface area contributed by atoms with Crippen LogP contribution in [0.25, 0.3) is 0 Å². The van der Waals surface area contributed by atoms with Crippen molar-refractivity contribution in [2.24, 2.45) is 0 Å². The lowest BCUT2D eigenvalue weighted by Crippen LogP contribution is -2.49. The number of anilines is 1. The predicted molar refractivity (Wildman–Crippen MR) is 84.4 cm³/mol. The quantitative estimate of drug-likeness (QED) is 0.832. The Labute approximate surface area is 133 Å². The first-order valence-electron chi connectivity index (χ1n) is 7.54. The molecule has 1 aromatic carbocycles. The Morgan fingerprint density at radius 3 is 2.65 bits per heavy atom. The van der Waals surface area contributed by atoms with Gasteiger partial charge in [-0.1, -0.05) is 30.3 Å². The fourth-order valence-corrected chi connectivity index (χ4v) is 2.48. The van der Waals surface area contributed by atoms with E-state index in [0.717, 1.165) is 24.1 Å². The summed E-state index contributed by atoms with van der Waals surface area (Å²) in [6.45, 7) is 0.266. The third-order valence-electron chi connectivity index (χ3n) is 3.77. The highest BCUT2D eigenvalue weighted by atomic mass is 19.1. The number of alkyl carbamates (subject to hydrolysis) is 1. The molecule has 0 saturated heterocycles. The number of aromatic nitrogens is 1. The highest BCUT2D eigenvalue weighted by Crippen LogP contribution is 2.24. The molecular weight excluding hydrogens is 297 g/mol. The van der Waals surface area contributed by atoms with Crippen molar-refractivity contribution in [3.05, 3.63) is 60.2 Å². The third-order valence-corrected chi connectivity index (χ3v) is 3.77. The highest BCUT2D eigenvalue weighted by molar-refractivity contribution is 5.67. The molecule has 1 heterocycles. The average molecular weight is 315 g/mol. The molecule has 120 valence electrons. The Bertz CT molecular complexity index is 643. The Balaban J connectivity index is 1.35. The number of amides is 1. The molecule has 1 saturated carbocycles. The Kier molecular flexibility index (Phi) is 4.71. The Morgan fingerprint density at radius 2 is 1.96 bits per heavy atom. The fraction of sp³-hybridized carbons (Fsp3) is 0.294. The number of halogens is 1. The van der Waals surface area contributed by atoms with Gasteiger partial charge in [-0.15, -0.1) is 0 Å². The van der Waals surface area contributed by atoms with Crippen LogP contribution in [0.2, 0.25) is 0 Å². The van der Waals surface area contributed by atoms with Crippen LogP contribution in [0.1, 0.15) is 18.4 Å². The summed E-state index contributed by atoms with van der Waals surface area (Å²) < 4.78 is 17.9. The van der Waals surface area contributed by atoms with Gasteiger partial charge < -0.3 is 15.4 Å². The van der Waals surface area contributed by atoms with Crippen LogP contribution in [0.5, 0.6) is 0 Å². The van der Waals surface area contributed by atoms with Crippen LogP contribution in [0.3, 0.4) is 0 Å². The van der Waals surface area contributed by atoms with Gasteiger partial charge in [0.25, 0.3) is 0 Å². The number of pyridine rings is 1. The summed E-state index contributed by atoms with van der Waals surface area (Å²) in [7, 11) is 0. The largest absolute Gasteiger partial charge is 0.445 e. The topological polar surface area (TPSA) is 63.2 Å². The van der Waals surface area contributed by atoms with Gasteiger partial charge in [0, 0.05) is 12.1 Å². The van der Waals surface area contributed by atoms with E-state index in [2.05, 4.69) is 15.6 Å². The first-order chi connectivity index (χ1) is 11.2.